The summed E-state index contributed by atoms with van der Waals surface area (Å²) in [6.45, 7) is 5.69. The van der Waals surface area contributed by atoms with Gasteiger partial charge < -0.3 is 14.4 Å². The first-order valence-electron chi connectivity index (χ1n) is 11.2. The summed E-state index contributed by atoms with van der Waals surface area (Å²) < 4.78 is 7.12. The normalized spacial score (nSPS) is 11.1. The van der Waals surface area contributed by atoms with Gasteiger partial charge in [0.1, 0.15) is 17.8 Å². The van der Waals surface area contributed by atoms with Gasteiger partial charge in [-0.2, -0.15) is 4.98 Å². The largest absolute Gasteiger partial charge is 0.333 e. The Morgan fingerprint density at radius 2 is 1.83 bits per heavy atom. The molecule has 174 valence electrons. The maximum absolute atomic E-state index is 13.3. The summed E-state index contributed by atoms with van der Waals surface area (Å²) >= 11 is 0. The van der Waals surface area contributed by atoms with E-state index >= 15 is 0 Å². The summed E-state index contributed by atoms with van der Waals surface area (Å²) in [5, 5.41) is 7.36. The molecule has 0 aliphatic rings. The number of carbonyl (C=O) groups excluding carboxylic acids is 1. The van der Waals surface area contributed by atoms with Crippen molar-refractivity contribution in [1.29, 1.82) is 0 Å². The molecule has 0 aliphatic heterocycles. The molecule has 0 bridgehead atoms. The van der Waals surface area contributed by atoms with Crippen molar-refractivity contribution in [2.24, 2.45) is 0 Å². The lowest BCUT2D eigenvalue weighted by Gasteiger charge is -2.13. The molecule has 0 fully saturated rings. The monoisotopic (exact) mass is 465 g/mol. The molecule has 0 atom stereocenters. The Kier molecular flexibility index (Phi) is 5.70. The minimum Gasteiger partial charge on any atom is -0.333 e. The van der Waals surface area contributed by atoms with Gasteiger partial charge in [0, 0.05) is 23.1 Å². The van der Waals surface area contributed by atoms with Gasteiger partial charge in [-0.3, -0.25) is 9.59 Å². The van der Waals surface area contributed by atoms with Gasteiger partial charge in [0.15, 0.2) is 0 Å². The summed E-state index contributed by atoms with van der Waals surface area (Å²) in [7, 11) is 0. The van der Waals surface area contributed by atoms with Gasteiger partial charge in [-0.25, -0.2) is 4.98 Å². The number of nitrogens with zero attached hydrogens (tertiary/aromatic N) is 4. The molecule has 5 rings (SSSR count). The first-order chi connectivity index (χ1) is 16.9. The van der Waals surface area contributed by atoms with Crippen molar-refractivity contribution >= 4 is 22.6 Å². The number of aryl methyl sites for hydroxylation is 3. The topological polar surface area (TPSA) is 103 Å². The highest BCUT2D eigenvalue weighted by molar-refractivity contribution is 5.92. The zero-order valence-corrected chi connectivity index (χ0v) is 19.6. The van der Waals surface area contributed by atoms with E-state index in [-0.39, 0.29) is 29.3 Å². The number of aromatic nitrogens is 4. The standard InChI is InChI=1S/C27H23N5O3/c1-16-7-6-9-19(13-16)25-30-27(35-31-25)21-14-32(26-20(24(21)34)12-11-18(3)28-26)15-23(33)29-22-10-5-4-8-17(22)2/h4-14H,15H2,1-3H3,(H,29,33). The van der Waals surface area contributed by atoms with Crippen molar-refractivity contribution in [3.8, 4) is 22.8 Å². The Hall–Kier alpha value is -4.59. The third-order valence-corrected chi connectivity index (χ3v) is 5.73. The molecular weight excluding hydrogens is 442 g/mol. The van der Waals surface area contributed by atoms with Crippen molar-refractivity contribution < 1.29 is 9.32 Å². The Labute approximate surface area is 201 Å². The summed E-state index contributed by atoms with van der Waals surface area (Å²) in [4.78, 5) is 35.3. The first-order valence-corrected chi connectivity index (χ1v) is 11.2. The van der Waals surface area contributed by atoms with Crippen LogP contribution in [-0.2, 0) is 11.3 Å². The minimum atomic E-state index is -0.289. The summed E-state index contributed by atoms with van der Waals surface area (Å²) in [6.07, 6.45) is 1.56. The number of anilines is 1. The van der Waals surface area contributed by atoms with Gasteiger partial charge in [0.2, 0.25) is 17.2 Å². The number of amides is 1. The summed E-state index contributed by atoms with van der Waals surface area (Å²) in [6, 6.07) is 18.7. The zero-order valence-electron chi connectivity index (χ0n) is 19.6. The Bertz CT molecular complexity index is 1630. The first kappa shape index (κ1) is 22.2. The van der Waals surface area contributed by atoms with Crippen LogP contribution in [0.4, 0.5) is 5.69 Å². The van der Waals surface area contributed by atoms with Crippen molar-refractivity contribution in [2.75, 3.05) is 5.32 Å². The van der Waals surface area contributed by atoms with Gasteiger partial charge in [-0.1, -0.05) is 47.1 Å². The Morgan fingerprint density at radius 1 is 1.00 bits per heavy atom. The lowest BCUT2D eigenvalue weighted by Crippen LogP contribution is -2.22. The van der Waals surface area contributed by atoms with Crippen molar-refractivity contribution in [1.82, 2.24) is 19.7 Å². The molecule has 5 aromatic rings. The maximum Gasteiger partial charge on any atom is 0.263 e. The van der Waals surface area contributed by atoms with E-state index in [0.717, 1.165) is 28.1 Å². The molecule has 0 radical (unpaired) electrons. The van der Waals surface area contributed by atoms with E-state index in [1.165, 1.54) is 0 Å². The highest BCUT2D eigenvalue weighted by Gasteiger charge is 2.19. The fraction of sp³-hybridized carbons (Fsp3) is 0.148. The van der Waals surface area contributed by atoms with Gasteiger partial charge in [-0.05, 0) is 50.6 Å². The van der Waals surface area contributed by atoms with E-state index in [4.69, 9.17) is 4.52 Å². The molecule has 1 N–H and O–H groups in total. The molecule has 0 unspecified atom stereocenters. The van der Waals surface area contributed by atoms with Crippen LogP contribution >= 0.6 is 0 Å². The summed E-state index contributed by atoms with van der Waals surface area (Å²) in [5.74, 6) is 0.223. The average Bonchev–Trinajstić information content (AvgIpc) is 3.32. The van der Waals surface area contributed by atoms with Crippen LogP contribution in [-0.4, -0.2) is 25.6 Å². The number of carbonyl (C=O) groups is 1. The van der Waals surface area contributed by atoms with Gasteiger partial charge >= 0.3 is 0 Å². The fourth-order valence-electron chi connectivity index (χ4n) is 3.92. The maximum atomic E-state index is 13.3. The van der Waals surface area contributed by atoms with E-state index in [1.54, 1.807) is 22.9 Å². The van der Waals surface area contributed by atoms with Gasteiger partial charge in [-0.15, -0.1) is 0 Å². The van der Waals surface area contributed by atoms with Crippen molar-refractivity contribution in [3.05, 3.63) is 93.9 Å². The van der Waals surface area contributed by atoms with Gasteiger partial charge in [0.25, 0.3) is 5.89 Å². The molecule has 0 saturated carbocycles. The van der Waals surface area contributed by atoms with Crippen LogP contribution < -0.4 is 10.7 Å². The third kappa shape index (κ3) is 4.46. The molecule has 3 aromatic heterocycles. The average molecular weight is 466 g/mol. The van der Waals surface area contributed by atoms with Crippen LogP contribution in [0, 0.1) is 20.8 Å². The van der Waals surface area contributed by atoms with Crippen molar-refractivity contribution in [3.63, 3.8) is 0 Å². The van der Waals surface area contributed by atoms with E-state index in [2.05, 4.69) is 20.4 Å². The van der Waals surface area contributed by atoms with E-state index in [1.807, 2.05) is 69.3 Å². The van der Waals surface area contributed by atoms with Crippen LogP contribution in [0.1, 0.15) is 16.8 Å². The SMILES string of the molecule is Cc1cccc(-c2noc(-c3cn(CC(=O)Nc4ccccc4C)c4nc(C)ccc4c3=O)n2)c1. The van der Waals surface area contributed by atoms with E-state index in [0.29, 0.717) is 16.9 Å². The zero-order chi connectivity index (χ0) is 24.5. The molecule has 0 aliphatic carbocycles. The molecule has 8 heteroatoms. The Balaban J connectivity index is 1.57. The number of rotatable bonds is 5. The number of pyridine rings is 2. The fourth-order valence-corrected chi connectivity index (χ4v) is 3.92. The highest BCUT2D eigenvalue weighted by Crippen LogP contribution is 2.23. The second-order valence-corrected chi connectivity index (χ2v) is 8.48. The van der Waals surface area contributed by atoms with E-state index < -0.39 is 0 Å². The van der Waals surface area contributed by atoms with Crippen LogP contribution in [0.25, 0.3) is 33.9 Å². The second-order valence-electron chi connectivity index (χ2n) is 8.48. The van der Waals surface area contributed by atoms with Crippen molar-refractivity contribution in [2.45, 2.75) is 27.3 Å². The number of hydrogen-bond acceptors (Lipinski definition) is 6. The molecule has 8 nitrogen and oxygen atoms in total. The number of hydrogen-bond donors (Lipinski definition) is 1. The molecule has 2 aromatic carbocycles. The third-order valence-electron chi connectivity index (χ3n) is 5.73. The molecular formula is C27H23N5O3. The van der Waals surface area contributed by atoms with Crippen LogP contribution in [0.2, 0.25) is 0 Å². The van der Waals surface area contributed by atoms with Gasteiger partial charge in [0.05, 0.1) is 5.39 Å². The smallest absolute Gasteiger partial charge is 0.263 e. The minimum absolute atomic E-state index is 0.0482. The number of fused-ring (bicyclic) bond motifs is 1. The lowest BCUT2D eigenvalue weighted by atomic mass is 10.1. The summed E-state index contributed by atoms with van der Waals surface area (Å²) in [5.41, 5.74) is 4.59. The number of benzene rings is 2. The quantitative estimate of drug-likeness (QED) is 0.404. The van der Waals surface area contributed by atoms with Crippen LogP contribution in [0.3, 0.4) is 0 Å². The molecule has 35 heavy (non-hydrogen) atoms. The lowest BCUT2D eigenvalue weighted by molar-refractivity contribution is -0.116. The highest BCUT2D eigenvalue weighted by atomic mass is 16.5. The number of nitrogens with one attached hydrogen (secondary N) is 1. The molecule has 3 heterocycles. The predicted octanol–water partition coefficient (Wildman–Crippen LogP) is 4.68. The molecule has 0 saturated heterocycles. The van der Waals surface area contributed by atoms with Crippen LogP contribution in [0.15, 0.2) is 76.2 Å². The van der Waals surface area contributed by atoms with Crippen LogP contribution in [0.5, 0.6) is 0 Å². The number of para-hydroxylation sites is 1. The molecule has 1 amide bonds. The second kappa shape index (κ2) is 8.98. The van der Waals surface area contributed by atoms with E-state index in [9.17, 15) is 9.59 Å². The Morgan fingerprint density at radius 3 is 2.63 bits per heavy atom. The predicted molar refractivity (Wildman–Crippen MR) is 134 cm³/mol. The molecule has 0 spiro atoms.